The fourth-order valence-corrected chi connectivity index (χ4v) is 3.55. The van der Waals surface area contributed by atoms with E-state index in [-0.39, 0.29) is 16.4 Å². The van der Waals surface area contributed by atoms with Crippen LogP contribution < -0.4 is 4.18 Å². The second-order valence-corrected chi connectivity index (χ2v) is 6.91. The Kier molecular flexibility index (Phi) is 4.07. The Hall–Kier alpha value is -2.73. The van der Waals surface area contributed by atoms with Gasteiger partial charge in [0, 0.05) is 17.1 Å². The molecule has 0 atom stereocenters. The summed E-state index contributed by atoms with van der Waals surface area (Å²) in [4.78, 5) is 15.6. The highest BCUT2D eigenvalue weighted by atomic mass is 32.2. The van der Waals surface area contributed by atoms with Crippen LogP contribution in [0.2, 0.25) is 0 Å². The summed E-state index contributed by atoms with van der Waals surface area (Å²) in [6, 6.07) is 12.6. The second kappa shape index (κ2) is 6.05. The molecule has 24 heavy (non-hydrogen) atoms. The van der Waals surface area contributed by atoms with E-state index in [9.17, 15) is 13.2 Å². The van der Waals surface area contributed by atoms with Crippen molar-refractivity contribution in [2.45, 2.75) is 18.7 Å². The Balaban J connectivity index is 2.02. The van der Waals surface area contributed by atoms with E-state index in [1.54, 1.807) is 24.4 Å². The molecule has 6 heteroatoms. The van der Waals surface area contributed by atoms with Gasteiger partial charge in [-0.1, -0.05) is 6.07 Å². The van der Waals surface area contributed by atoms with Crippen molar-refractivity contribution in [3.63, 3.8) is 0 Å². The normalized spacial score (nSPS) is 11.4. The highest BCUT2D eigenvalue weighted by molar-refractivity contribution is 7.87. The van der Waals surface area contributed by atoms with Crippen LogP contribution >= 0.6 is 0 Å². The number of carbonyl (C=O) groups is 1. The minimum Gasteiger partial charge on any atom is -0.379 e. The maximum Gasteiger partial charge on any atom is 0.339 e. The quantitative estimate of drug-likeness (QED) is 0.536. The number of aryl methyl sites for hydroxylation is 1. The van der Waals surface area contributed by atoms with Gasteiger partial charge in [0.25, 0.3) is 0 Å². The van der Waals surface area contributed by atoms with Crippen LogP contribution in [0.5, 0.6) is 5.75 Å². The van der Waals surface area contributed by atoms with Crippen LogP contribution in [0.15, 0.2) is 59.6 Å². The van der Waals surface area contributed by atoms with Crippen LogP contribution in [0.25, 0.3) is 10.9 Å². The third kappa shape index (κ3) is 3.00. The molecule has 0 saturated heterocycles. The first-order chi connectivity index (χ1) is 11.4. The molecule has 1 heterocycles. The number of nitrogens with zero attached hydrogens (tertiary/aromatic N) is 1. The minimum atomic E-state index is -4.01. The molecule has 0 spiro atoms. The number of carbonyl (C=O) groups excluding carboxylic acids is 1. The highest BCUT2D eigenvalue weighted by Gasteiger charge is 2.21. The zero-order chi connectivity index (χ0) is 17.3. The molecule has 0 unspecified atom stereocenters. The summed E-state index contributed by atoms with van der Waals surface area (Å²) in [5.41, 5.74) is 1.99. The van der Waals surface area contributed by atoms with E-state index in [2.05, 4.69) is 4.98 Å². The number of benzene rings is 2. The number of pyridine rings is 1. The number of hydrogen-bond acceptors (Lipinski definition) is 5. The summed E-state index contributed by atoms with van der Waals surface area (Å²) in [7, 11) is -4.01. The fraction of sp³-hybridized carbons (Fsp3) is 0.111. The molecular weight excluding hydrogens is 326 g/mol. The van der Waals surface area contributed by atoms with Crippen LogP contribution in [0.1, 0.15) is 22.8 Å². The van der Waals surface area contributed by atoms with Crippen molar-refractivity contribution in [2.75, 3.05) is 0 Å². The maximum absolute atomic E-state index is 12.6. The van der Waals surface area contributed by atoms with E-state index in [0.29, 0.717) is 16.5 Å². The zero-order valence-electron chi connectivity index (χ0n) is 13.2. The molecule has 0 aliphatic carbocycles. The van der Waals surface area contributed by atoms with Crippen LogP contribution in [-0.2, 0) is 10.1 Å². The largest absolute Gasteiger partial charge is 0.379 e. The van der Waals surface area contributed by atoms with E-state index in [1.165, 1.54) is 37.3 Å². The van der Waals surface area contributed by atoms with Gasteiger partial charge in [0.05, 0.1) is 5.52 Å². The molecule has 122 valence electrons. The summed E-state index contributed by atoms with van der Waals surface area (Å²) >= 11 is 0. The summed E-state index contributed by atoms with van der Waals surface area (Å²) in [5.74, 6) is 0.0534. The summed E-state index contributed by atoms with van der Waals surface area (Å²) < 4.78 is 30.5. The monoisotopic (exact) mass is 341 g/mol. The predicted molar refractivity (Wildman–Crippen MR) is 90.7 cm³/mol. The molecule has 0 N–H and O–H groups in total. The van der Waals surface area contributed by atoms with E-state index in [4.69, 9.17) is 4.18 Å². The molecule has 0 amide bonds. The van der Waals surface area contributed by atoms with Gasteiger partial charge < -0.3 is 4.18 Å². The molecule has 0 saturated carbocycles. The van der Waals surface area contributed by atoms with Gasteiger partial charge in [-0.3, -0.25) is 9.78 Å². The molecule has 0 radical (unpaired) electrons. The number of Topliss-reactive ketones (excluding diaryl/α,β-unsaturated/α-hetero) is 1. The number of rotatable bonds is 4. The van der Waals surface area contributed by atoms with Gasteiger partial charge in [-0.2, -0.15) is 8.42 Å². The van der Waals surface area contributed by atoms with Gasteiger partial charge in [-0.05, 0) is 61.9 Å². The van der Waals surface area contributed by atoms with Crippen LogP contribution in [0.3, 0.4) is 0 Å². The topological polar surface area (TPSA) is 73.3 Å². The maximum atomic E-state index is 12.6. The van der Waals surface area contributed by atoms with Crippen LogP contribution in [0.4, 0.5) is 0 Å². The molecule has 5 nitrogen and oxygen atoms in total. The SMILES string of the molecule is CC(=O)c1ccc(OS(=O)(=O)c2ccc(C)c3ncccc23)cc1. The van der Waals surface area contributed by atoms with E-state index in [1.807, 2.05) is 6.92 Å². The van der Waals surface area contributed by atoms with Crippen molar-refractivity contribution in [1.82, 2.24) is 4.98 Å². The van der Waals surface area contributed by atoms with Crippen molar-refractivity contribution in [3.05, 3.63) is 65.9 Å². The predicted octanol–water partition coefficient (Wildman–Crippen LogP) is 3.51. The van der Waals surface area contributed by atoms with Crippen molar-refractivity contribution in [2.24, 2.45) is 0 Å². The third-order valence-corrected chi connectivity index (χ3v) is 4.97. The van der Waals surface area contributed by atoms with Crippen molar-refractivity contribution < 1.29 is 17.4 Å². The molecule has 1 aromatic heterocycles. The molecule has 3 rings (SSSR count). The van der Waals surface area contributed by atoms with Gasteiger partial charge in [-0.25, -0.2) is 0 Å². The van der Waals surface area contributed by atoms with Gasteiger partial charge in [0.15, 0.2) is 5.78 Å². The second-order valence-electron chi connectivity index (χ2n) is 5.40. The lowest BCUT2D eigenvalue weighted by Gasteiger charge is -2.10. The Labute approximate surface area is 140 Å². The molecule has 2 aromatic carbocycles. The number of ketones is 1. The first kappa shape index (κ1) is 16.1. The number of fused-ring (bicyclic) bond motifs is 1. The zero-order valence-corrected chi connectivity index (χ0v) is 14.0. The molecule has 3 aromatic rings. The lowest BCUT2D eigenvalue weighted by atomic mass is 10.1. The number of hydrogen-bond donors (Lipinski definition) is 0. The molecule has 0 aliphatic rings. The summed E-state index contributed by atoms with van der Waals surface area (Å²) in [6.07, 6.45) is 1.62. The first-order valence-corrected chi connectivity index (χ1v) is 8.69. The van der Waals surface area contributed by atoms with Crippen molar-refractivity contribution >= 4 is 26.8 Å². The Morgan fingerprint density at radius 1 is 1.04 bits per heavy atom. The number of aromatic nitrogens is 1. The minimum absolute atomic E-state index is 0.0619. The molecule has 0 aliphatic heterocycles. The van der Waals surface area contributed by atoms with Gasteiger partial charge in [0.2, 0.25) is 0 Å². The average Bonchev–Trinajstić information content (AvgIpc) is 2.55. The van der Waals surface area contributed by atoms with Crippen molar-refractivity contribution in [1.29, 1.82) is 0 Å². The lowest BCUT2D eigenvalue weighted by Crippen LogP contribution is -2.11. The first-order valence-electron chi connectivity index (χ1n) is 7.28. The standard InChI is InChI=1S/C18H15NO4S/c1-12-5-10-17(16-4-3-11-19-18(12)16)24(21,22)23-15-8-6-14(7-9-15)13(2)20/h3-11H,1-2H3. The fourth-order valence-electron chi connectivity index (χ4n) is 2.42. The smallest absolute Gasteiger partial charge is 0.339 e. The summed E-state index contributed by atoms with van der Waals surface area (Å²) in [6.45, 7) is 3.31. The van der Waals surface area contributed by atoms with Gasteiger partial charge in [0.1, 0.15) is 10.6 Å². The molecule has 0 bridgehead atoms. The Bertz CT molecular complexity index is 1020. The van der Waals surface area contributed by atoms with Crippen LogP contribution in [-0.4, -0.2) is 19.2 Å². The van der Waals surface area contributed by atoms with E-state index < -0.39 is 10.1 Å². The third-order valence-electron chi connectivity index (χ3n) is 3.67. The van der Waals surface area contributed by atoms with E-state index >= 15 is 0 Å². The summed E-state index contributed by atoms with van der Waals surface area (Å²) in [5, 5.41) is 0.512. The van der Waals surface area contributed by atoms with E-state index in [0.717, 1.165) is 5.56 Å². The van der Waals surface area contributed by atoms with Gasteiger partial charge >= 0.3 is 10.1 Å². The Morgan fingerprint density at radius 3 is 2.42 bits per heavy atom. The molecular formula is C18H15NO4S. The van der Waals surface area contributed by atoms with Crippen LogP contribution in [0, 0.1) is 6.92 Å². The average molecular weight is 341 g/mol. The lowest BCUT2D eigenvalue weighted by molar-refractivity contribution is 0.101. The molecule has 0 fully saturated rings. The van der Waals surface area contributed by atoms with Gasteiger partial charge in [-0.15, -0.1) is 0 Å². The highest BCUT2D eigenvalue weighted by Crippen LogP contribution is 2.27. The van der Waals surface area contributed by atoms with Crippen molar-refractivity contribution in [3.8, 4) is 5.75 Å². The Morgan fingerprint density at radius 2 is 1.75 bits per heavy atom.